The Hall–Kier alpha value is -3.38. The average molecular weight is 352 g/mol. The van der Waals surface area contributed by atoms with Crippen LogP contribution in [0.5, 0.6) is 0 Å². The lowest BCUT2D eigenvalue weighted by Crippen LogP contribution is -1.99. The molecule has 4 rings (SSSR count). The van der Waals surface area contributed by atoms with Crippen molar-refractivity contribution in [3.05, 3.63) is 48.0 Å². The van der Waals surface area contributed by atoms with E-state index in [1.54, 1.807) is 34.8 Å². The summed E-state index contributed by atoms with van der Waals surface area (Å²) in [5.74, 6) is 0.881. The summed E-state index contributed by atoms with van der Waals surface area (Å²) in [6, 6.07) is 13.8. The largest absolute Gasteiger partial charge is 0.325 e. The molecule has 4 aromatic rings. The molecular formula is C16H12N6O2S. The van der Waals surface area contributed by atoms with Gasteiger partial charge in [0.25, 0.3) is 5.78 Å². The van der Waals surface area contributed by atoms with E-state index in [2.05, 4.69) is 26.5 Å². The van der Waals surface area contributed by atoms with Gasteiger partial charge < -0.3 is 5.32 Å². The summed E-state index contributed by atoms with van der Waals surface area (Å²) in [7, 11) is -3.28. The van der Waals surface area contributed by atoms with E-state index in [1.165, 1.54) is 12.1 Å². The van der Waals surface area contributed by atoms with Crippen LogP contribution in [0.3, 0.4) is 0 Å². The van der Waals surface area contributed by atoms with Crippen LogP contribution in [-0.4, -0.2) is 34.3 Å². The normalized spacial score (nSPS) is 11.7. The first-order valence-electron chi connectivity index (χ1n) is 7.29. The van der Waals surface area contributed by atoms with Gasteiger partial charge in [0.1, 0.15) is 0 Å². The van der Waals surface area contributed by atoms with Crippen molar-refractivity contribution in [1.29, 1.82) is 5.26 Å². The molecule has 0 saturated heterocycles. The lowest BCUT2D eigenvalue weighted by molar-refractivity contribution is 0.602. The van der Waals surface area contributed by atoms with E-state index in [4.69, 9.17) is 5.26 Å². The Morgan fingerprint density at radius 1 is 1.20 bits per heavy atom. The van der Waals surface area contributed by atoms with Crippen molar-refractivity contribution in [2.45, 2.75) is 4.90 Å². The molecule has 0 atom stereocenters. The molecule has 0 aliphatic heterocycles. The molecule has 9 heteroatoms. The van der Waals surface area contributed by atoms with Crippen molar-refractivity contribution in [1.82, 2.24) is 19.6 Å². The summed E-state index contributed by atoms with van der Waals surface area (Å²) in [5, 5.41) is 15.0. The number of aromatic amines is 1. The van der Waals surface area contributed by atoms with E-state index in [1.807, 2.05) is 0 Å². The van der Waals surface area contributed by atoms with Gasteiger partial charge in [-0.15, -0.1) is 0 Å². The van der Waals surface area contributed by atoms with Crippen molar-refractivity contribution >= 4 is 38.3 Å². The molecule has 0 spiro atoms. The van der Waals surface area contributed by atoms with Gasteiger partial charge in [-0.25, -0.2) is 17.9 Å². The van der Waals surface area contributed by atoms with E-state index in [-0.39, 0.29) is 4.90 Å². The standard InChI is InChI=1S/C16H12N6O2S/c1-25(23,24)12-4-2-3-11(8-12)18-15-20-16-19-13-7-10(9-17)5-6-14(13)22(16)21-15/h2-8H,1H3,(H2,18,19,20,21). The third-order valence-corrected chi connectivity index (χ3v) is 4.83. The lowest BCUT2D eigenvalue weighted by Gasteiger charge is -2.04. The Kier molecular flexibility index (Phi) is 3.23. The number of anilines is 2. The van der Waals surface area contributed by atoms with Gasteiger partial charge in [0.2, 0.25) is 5.95 Å². The number of nitrogens with one attached hydrogen (secondary N) is 2. The van der Waals surface area contributed by atoms with Crippen molar-refractivity contribution < 1.29 is 8.42 Å². The van der Waals surface area contributed by atoms with Crippen LogP contribution in [0.25, 0.3) is 16.8 Å². The van der Waals surface area contributed by atoms with Crippen LogP contribution >= 0.6 is 0 Å². The minimum absolute atomic E-state index is 0.225. The highest BCUT2D eigenvalue weighted by molar-refractivity contribution is 7.90. The zero-order valence-corrected chi connectivity index (χ0v) is 13.9. The Morgan fingerprint density at radius 2 is 2.04 bits per heavy atom. The molecule has 0 bridgehead atoms. The van der Waals surface area contributed by atoms with E-state index >= 15 is 0 Å². The molecule has 0 amide bonds. The second kappa shape index (κ2) is 5.32. The molecular weight excluding hydrogens is 340 g/mol. The molecule has 8 nitrogen and oxygen atoms in total. The van der Waals surface area contributed by atoms with Crippen LogP contribution < -0.4 is 5.32 Å². The molecule has 2 N–H and O–H groups in total. The molecule has 0 unspecified atom stereocenters. The molecule has 0 aliphatic carbocycles. The third-order valence-electron chi connectivity index (χ3n) is 3.72. The number of aromatic nitrogens is 4. The van der Waals surface area contributed by atoms with E-state index in [9.17, 15) is 8.42 Å². The minimum atomic E-state index is -3.28. The smallest absolute Gasteiger partial charge is 0.253 e. The zero-order chi connectivity index (χ0) is 17.6. The number of rotatable bonds is 3. The van der Waals surface area contributed by atoms with E-state index in [0.717, 1.165) is 11.8 Å². The number of sulfone groups is 1. The Bertz CT molecular complexity index is 1260. The number of hydrogen-bond donors (Lipinski definition) is 2. The van der Waals surface area contributed by atoms with Gasteiger partial charge in [0, 0.05) is 11.9 Å². The van der Waals surface area contributed by atoms with Crippen molar-refractivity contribution in [3.8, 4) is 6.07 Å². The highest BCUT2D eigenvalue weighted by Crippen LogP contribution is 2.21. The van der Waals surface area contributed by atoms with E-state index in [0.29, 0.717) is 28.5 Å². The fourth-order valence-corrected chi connectivity index (χ4v) is 3.22. The highest BCUT2D eigenvalue weighted by atomic mass is 32.2. The first-order chi connectivity index (χ1) is 11.9. The van der Waals surface area contributed by atoms with Gasteiger partial charge in [0.05, 0.1) is 27.6 Å². The highest BCUT2D eigenvalue weighted by Gasteiger charge is 2.12. The molecule has 0 saturated carbocycles. The maximum atomic E-state index is 11.6. The summed E-state index contributed by atoms with van der Waals surface area (Å²) in [6.07, 6.45) is 1.16. The van der Waals surface area contributed by atoms with Gasteiger partial charge in [-0.2, -0.15) is 10.2 Å². The Balaban J connectivity index is 1.72. The monoisotopic (exact) mass is 352 g/mol. The Morgan fingerprint density at radius 3 is 2.80 bits per heavy atom. The zero-order valence-electron chi connectivity index (χ0n) is 13.1. The van der Waals surface area contributed by atoms with Crippen LogP contribution in [0.1, 0.15) is 5.56 Å². The first kappa shape index (κ1) is 15.2. The van der Waals surface area contributed by atoms with Crippen LogP contribution in [0.15, 0.2) is 47.4 Å². The minimum Gasteiger partial charge on any atom is -0.325 e. The first-order valence-corrected chi connectivity index (χ1v) is 9.19. The summed E-state index contributed by atoms with van der Waals surface area (Å²) in [5.41, 5.74) is 2.59. The van der Waals surface area contributed by atoms with Crippen LogP contribution in [0.4, 0.5) is 11.6 Å². The third kappa shape index (κ3) is 2.68. The molecule has 0 aliphatic rings. The number of imidazole rings is 1. The summed E-state index contributed by atoms with van der Waals surface area (Å²) in [6.45, 7) is 0. The molecule has 2 heterocycles. The van der Waals surface area contributed by atoms with Gasteiger partial charge >= 0.3 is 0 Å². The fourth-order valence-electron chi connectivity index (χ4n) is 2.55. The van der Waals surface area contributed by atoms with Gasteiger partial charge in [0.15, 0.2) is 9.84 Å². The van der Waals surface area contributed by atoms with Crippen molar-refractivity contribution in [2.24, 2.45) is 0 Å². The fraction of sp³-hybridized carbons (Fsp3) is 0.0625. The lowest BCUT2D eigenvalue weighted by atomic mass is 10.2. The second-order valence-electron chi connectivity index (χ2n) is 5.56. The average Bonchev–Trinajstić information content (AvgIpc) is 3.10. The maximum Gasteiger partial charge on any atom is 0.253 e. The van der Waals surface area contributed by atoms with Gasteiger partial charge in [-0.05, 0) is 36.4 Å². The number of hydrogen-bond acceptors (Lipinski definition) is 6. The molecule has 2 aromatic carbocycles. The van der Waals surface area contributed by atoms with Crippen LogP contribution in [0, 0.1) is 11.3 Å². The summed E-state index contributed by atoms with van der Waals surface area (Å²) in [4.78, 5) is 8.95. The second-order valence-corrected chi connectivity index (χ2v) is 7.58. The molecule has 2 aromatic heterocycles. The summed E-state index contributed by atoms with van der Waals surface area (Å²) >= 11 is 0. The van der Waals surface area contributed by atoms with Crippen LogP contribution in [0.2, 0.25) is 0 Å². The predicted molar refractivity (Wildman–Crippen MR) is 92.4 cm³/mol. The number of nitriles is 1. The molecule has 25 heavy (non-hydrogen) atoms. The Labute approximate surface area is 142 Å². The topological polar surface area (TPSA) is 116 Å². The van der Waals surface area contributed by atoms with Crippen molar-refractivity contribution in [3.63, 3.8) is 0 Å². The van der Waals surface area contributed by atoms with Crippen molar-refractivity contribution in [2.75, 3.05) is 11.6 Å². The number of benzene rings is 2. The maximum absolute atomic E-state index is 11.6. The molecule has 0 radical (unpaired) electrons. The quantitative estimate of drug-likeness (QED) is 0.584. The number of H-pyrrole nitrogens is 1. The molecule has 124 valence electrons. The summed E-state index contributed by atoms with van der Waals surface area (Å²) < 4.78 is 25.0. The molecule has 0 fully saturated rings. The SMILES string of the molecule is CS(=O)(=O)c1cccc(Nc2nc3nc4cc(C#N)ccc4n3[nH]2)c1. The number of fused-ring (bicyclic) bond motifs is 3. The number of nitrogens with zero attached hydrogens (tertiary/aromatic N) is 4. The van der Waals surface area contributed by atoms with Gasteiger partial charge in [-0.1, -0.05) is 6.07 Å². The van der Waals surface area contributed by atoms with Gasteiger partial charge in [-0.3, -0.25) is 5.10 Å². The van der Waals surface area contributed by atoms with Crippen LogP contribution in [-0.2, 0) is 9.84 Å². The van der Waals surface area contributed by atoms with E-state index < -0.39 is 9.84 Å². The predicted octanol–water partition coefficient (Wildman–Crippen LogP) is 2.23.